The van der Waals surface area contributed by atoms with Crippen molar-refractivity contribution < 1.29 is 32.5 Å². The van der Waals surface area contributed by atoms with Crippen LogP contribution in [0.4, 0.5) is 13.2 Å². The SMILES string of the molecule is Cl.O=C(O)CCCCCOc1ccccc1Cn1c(-c2ccc(OC(F)(F)F)cc2)nc2ccccc21. The molecule has 0 aliphatic carbocycles. The Balaban J connectivity index is 0.00000380. The van der Waals surface area contributed by atoms with Gasteiger partial charge in [-0.2, -0.15) is 0 Å². The molecular weight excluding hydrogens is 509 g/mol. The number of carboxylic acid groups (broad SMARTS) is 1. The molecule has 0 bridgehead atoms. The van der Waals surface area contributed by atoms with Crippen molar-refractivity contribution in [2.75, 3.05) is 6.61 Å². The van der Waals surface area contributed by atoms with E-state index in [-0.39, 0.29) is 24.6 Å². The molecule has 0 saturated heterocycles. The van der Waals surface area contributed by atoms with Crippen LogP contribution < -0.4 is 9.47 Å². The summed E-state index contributed by atoms with van der Waals surface area (Å²) in [6.45, 7) is 0.903. The summed E-state index contributed by atoms with van der Waals surface area (Å²) in [6, 6.07) is 20.9. The maximum Gasteiger partial charge on any atom is 0.573 e. The maximum atomic E-state index is 12.6. The molecule has 3 aromatic carbocycles. The Morgan fingerprint density at radius 2 is 1.62 bits per heavy atom. The molecule has 0 radical (unpaired) electrons. The van der Waals surface area contributed by atoms with E-state index in [1.165, 1.54) is 12.1 Å². The van der Waals surface area contributed by atoms with E-state index in [4.69, 9.17) is 14.8 Å². The topological polar surface area (TPSA) is 73.6 Å². The zero-order valence-electron chi connectivity index (χ0n) is 19.8. The van der Waals surface area contributed by atoms with Gasteiger partial charge < -0.3 is 19.1 Å². The number of carboxylic acids is 1. The quantitative estimate of drug-likeness (QED) is 0.208. The Bertz CT molecular complexity index is 1320. The molecule has 1 aromatic heterocycles. The lowest BCUT2D eigenvalue weighted by molar-refractivity contribution is -0.274. The molecular formula is C27H26ClF3N2O4. The van der Waals surface area contributed by atoms with Crippen molar-refractivity contribution in [1.29, 1.82) is 0 Å². The number of aromatic nitrogens is 2. The fourth-order valence-corrected chi connectivity index (χ4v) is 3.94. The van der Waals surface area contributed by atoms with Gasteiger partial charge in [0.15, 0.2) is 0 Å². The summed E-state index contributed by atoms with van der Waals surface area (Å²) in [5.41, 5.74) is 3.22. The van der Waals surface area contributed by atoms with Crippen LogP contribution in [0.1, 0.15) is 31.2 Å². The van der Waals surface area contributed by atoms with E-state index < -0.39 is 12.3 Å². The predicted molar refractivity (Wildman–Crippen MR) is 136 cm³/mol. The van der Waals surface area contributed by atoms with E-state index in [9.17, 15) is 18.0 Å². The van der Waals surface area contributed by atoms with E-state index >= 15 is 0 Å². The fourth-order valence-electron chi connectivity index (χ4n) is 3.94. The molecule has 0 aliphatic rings. The van der Waals surface area contributed by atoms with E-state index in [0.717, 1.165) is 29.4 Å². The van der Waals surface area contributed by atoms with Gasteiger partial charge in [-0.3, -0.25) is 4.79 Å². The van der Waals surface area contributed by atoms with Crippen molar-refractivity contribution in [3.63, 3.8) is 0 Å². The van der Waals surface area contributed by atoms with E-state index in [1.807, 2.05) is 53.1 Å². The third-order valence-corrected chi connectivity index (χ3v) is 5.59. The van der Waals surface area contributed by atoms with E-state index in [2.05, 4.69) is 4.74 Å². The summed E-state index contributed by atoms with van der Waals surface area (Å²) in [6.07, 6.45) is -2.49. The van der Waals surface area contributed by atoms with Crippen LogP contribution in [0, 0.1) is 0 Å². The number of alkyl halides is 3. The molecule has 1 heterocycles. The van der Waals surface area contributed by atoms with Crippen molar-refractivity contribution in [2.45, 2.75) is 38.6 Å². The lowest BCUT2D eigenvalue weighted by Gasteiger charge is -2.15. The number of halogens is 4. The van der Waals surface area contributed by atoms with Crippen molar-refractivity contribution >= 4 is 29.4 Å². The van der Waals surface area contributed by atoms with Crippen LogP contribution in [0.15, 0.2) is 72.8 Å². The van der Waals surface area contributed by atoms with Gasteiger partial charge in [0.25, 0.3) is 0 Å². The summed E-state index contributed by atoms with van der Waals surface area (Å²) in [7, 11) is 0. The third-order valence-electron chi connectivity index (χ3n) is 5.59. The molecule has 0 atom stereocenters. The van der Waals surface area contributed by atoms with E-state index in [0.29, 0.717) is 36.7 Å². The summed E-state index contributed by atoms with van der Waals surface area (Å²) < 4.78 is 49.7. The average molecular weight is 535 g/mol. The number of ether oxygens (including phenoxy) is 2. The third kappa shape index (κ3) is 7.63. The Morgan fingerprint density at radius 3 is 2.35 bits per heavy atom. The van der Waals surface area contributed by atoms with Crippen molar-refractivity contribution in [3.8, 4) is 22.9 Å². The number of nitrogens with zero attached hydrogens (tertiary/aromatic N) is 2. The zero-order chi connectivity index (χ0) is 25.5. The zero-order valence-corrected chi connectivity index (χ0v) is 20.6. The molecule has 1 N–H and O–H groups in total. The van der Waals surface area contributed by atoms with Crippen LogP contribution in [-0.4, -0.2) is 33.6 Å². The lowest BCUT2D eigenvalue weighted by Crippen LogP contribution is -2.17. The molecule has 0 aliphatic heterocycles. The number of benzene rings is 3. The summed E-state index contributed by atoms with van der Waals surface area (Å²) in [5.74, 6) is 0.231. The Kier molecular flexibility index (Phi) is 9.41. The van der Waals surface area contributed by atoms with Gasteiger partial charge in [0.2, 0.25) is 0 Å². The number of para-hydroxylation sites is 3. The fraction of sp³-hybridized carbons (Fsp3) is 0.259. The number of unbranched alkanes of at least 4 members (excludes halogenated alkanes) is 2. The molecule has 0 unspecified atom stereocenters. The number of aliphatic carboxylic acids is 1. The van der Waals surface area contributed by atoms with Crippen molar-refractivity contribution in [3.05, 3.63) is 78.4 Å². The molecule has 4 aromatic rings. The first kappa shape index (κ1) is 27.9. The largest absolute Gasteiger partial charge is 0.573 e. The molecule has 0 spiro atoms. The van der Waals surface area contributed by atoms with Crippen LogP contribution in [-0.2, 0) is 11.3 Å². The van der Waals surface area contributed by atoms with Crippen LogP contribution in [0.2, 0.25) is 0 Å². The Morgan fingerprint density at radius 1 is 0.919 bits per heavy atom. The number of carbonyl (C=O) groups is 1. The van der Waals surface area contributed by atoms with Crippen molar-refractivity contribution in [2.24, 2.45) is 0 Å². The normalized spacial score (nSPS) is 11.2. The number of hydrogen-bond acceptors (Lipinski definition) is 4. The smallest absolute Gasteiger partial charge is 0.493 e. The van der Waals surface area contributed by atoms with Crippen LogP contribution in [0.25, 0.3) is 22.4 Å². The van der Waals surface area contributed by atoms with Gasteiger partial charge in [0.1, 0.15) is 17.3 Å². The number of fused-ring (bicyclic) bond motifs is 1. The first-order valence-corrected chi connectivity index (χ1v) is 11.5. The summed E-state index contributed by atoms with van der Waals surface area (Å²) >= 11 is 0. The highest BCUT2D eigenvalue weighted by molar-refractivity contribution is 5.85. The van der Waals surface area contributed by atoms with Gasteiger partial charge in [-0.15, -0.1) is 25.6 Å². The summed E-state index contributed by atoms with van der Waals surface area (Å²) in [4.78, 5) is 15.4. The first-order valence-electron chi connectivity index (χ1n) is 11.5. The number of imidazole rings is 1. The molecule has 0 saturated carbocycles. The average Bonchev–Trinajstić information content (AvgIpc) is 3.20. The second-order valence-electron chi connectivity index (χ2n) is 8.24. The predicted octanol–water partition coefficient (Wildman–Crippen LogP) is 7.10. The van der Waals surface area contributed by atoms with E-state index in [1.54, 1.807) is 12.1 Å². The number of rotatable bonds is 11. The van der Waals surface area contributed by atoms with Crippen LogP contribution in [0.3, 0.4) is 0 Å². The minimum Gasteiger partial charge on any atom is -0.493 e. The van der Waals surface area contributed by atoms with Crippen molar-refractivity contribution in [1.82, 2.24) is 9.55 Å². The van der Waals surface area contributed by atoms with Gasteiger partial charge in [-0.05, 0) is 61.7 Å². The monoisotopic (exact) mass is 534 g/mol. The highest BCUT2D eigenvalue weighted by Crippen LogP contribution is 2.30. The van der Waals surface area contributed by atoms with Gasteiger partial charge in [-0.25, -0.2) is 4.98 Å². The van der Waals surface area contributed by atoms with Gasteiger partial charge in [0, 0.05) is 17.5 Å². The Hall–Kier alpha value is -3.72. The summed E-state index contributed by atoms with van der Waals surface area (Å²) in [5, 5.41) is 8.76. The minimum absolute atomic E-state index is 0. The lowest BCUT2D eigenvalue weighted by atomic mass is 10.1. The van der Waals surface area contributed by atoms with Crippen LogP contribution >= 0.6 is 12.4 Å². The van der Waals surface area contributed by atoms with Gasteiger partial charge in [0.05, 0.1) is 24.2 Å². The van der Waals surface area contributed by atoms with Gasteiger partial charge >= 0.3 is 12.3 Å². The van der Waals surface area contributed by atoms with Gasteiger partial charge in [-0.1, -0.05) is 30.3 Å². The molecule has 37 heavy (non-hydrogen) atoms. The molecule has 0 amide bonds. The second kappa shape index (κ2) is 12.5. The minimum atomic E-state index is -4.76. The molecule has 6 nitrogen and oxygen atoms in total. The van der Waals surface area contributed by atoms with Crippen LogP contribution in [0.5, 0.6) is 11.5 Å². The highest BCUT2D eigenvalue weighted by atomic mass is 35.5. The standard InChI is InChI=1S/C27H25F3N2O4.ClH/c28-27(29,30)36-21-15-13-19(14-16-21)26-31-22-9-4-5-10-23(22)32(26)18-20-8-3-6-11-24(20)35-17-7-1-2-12-25(33)34;/h3-6,8-11,13-16H,1-2,7,12,17-18H2,(H,33,34);1H. The second-order valence-corrected chi connectivity index (χ2v) is 8.24. The molecule has 0 fully saturated rings. The first-order chi connectivity index (χ1) is 17.3. The Labute approximate surface area is 218 Å². The highest BCUT2D eigenvalue weighted by Gasteiger charge is 2.31. The maximum absolute atomic E-state index is 12.6. The number of hydrogen-bond donors (Lipinski definition) is 1. The molecule has 4 rings (SSSR count). The molecule has 10 heteroatoms. The molecule has 196 valence electrons.